The first-order valence-electron chi connectivity index (χ1n) is 9.12. The van der Waals surface area contributed by atoms with Gasteiger partial charge in [-0.15, -0.1) is 0 Å². The number of hydrogen-bond acceptors (Lipinski definition) is 4. The predicted octanol–water partition coefficient (Wildman–Crippen LogP) is 1.93. The highest BCUT2D eigenvalue weighted by Gasteiger charge is 2.24. The van der Waals surface area contributed by atoms with Crippen LogP contribution >= 0.6 is 0 Å². The molecule has 2 aliphatic heterocycles. The lowest BCUT2D eigenvalue weighted by atomic mass is 10.0. The van der Waals surface area contributed by atoms with Crippen molar-refractivity contribution in [1.29, 1.82) is 0 Å². The van der Waals surface area contributed by atoms with Crippen LogP contribution in [0.5, 0.6) is 0 Å². The van der Waals surface area contributed by atoms with Crippen molar-refractivity contribution in [3.8, 4) is 0 Å². The quantitative estimate of drug-likeness (QED) is 0.843. The molecule has 0 aliphatic carbocycles. The van der Waals surface area contributed by atoms with Gasteiger partial charge < -0.3 is 10.6 Å². The van der Waals surface area contributed by atoms with E-state index in [-0.39, 0.29) is 5.91 Å². The molecule has 27 heavy (non-hydrogen) atoms. The number of nitrogens with one attached hydrogen (secondary N) is 2. The second-order valence-electron chi connectivity index (χ2n) is 7.17. The van der Waals surface area contributed by atoms with Crippen LogP contribution in [-0.2, 0) is 36.1 Å². The molecule has 0 saturated carbocycles. The number of fused-ring (bicyclic) bond motifs is 2. The Labute approximate surface area is 159 Å². The van der Waals surface area contributed by atoms with Gasteiger partial charge in [-0.2, -0.15) is 0 Å². The average molecular weight is 385 g/mol. The number of benzene rings is 2. The van der Waals surface area contributed by atoms with E-state index in [1.165, 1.54) is 21.7 Å². The topological polar surface area (TPSA) is 78.5 Å². The zero-order valence-corrected chi connectivity index (χ0v) is 16.1. The van der Waals surface area contributed by atoms with Crippen LogP contribution in [0.2, 0.25) is 0 Å². The Morgan fingerprint density at radius 1 is 1.11 bits per heavy atom. The van der Waals surface area contributed by atoms with Crippen molar-refractivity contribution in [2.24, 2.45) is 0 Å². The van der Waals surface area contributed by atoms with Crippen LogP contribution in [-0.4, -0.2) is 27.1 Å². The molecule has 0 unspecified atom stereocenters. The van der Waals surface area contributed by atoms with Gasteiger partial charge in [-0.3, -0.25) is 9.10 Å². The normalized spacial score (nSPS) is 16.0. The van der Waals surface area contributed by atoms with Crippen molar-refractivity contribution in [2.45, 2.75) is 32.5 Å². The molecule has 2 aliphatic rings. The van der Waals surface area contributed by atoms with Crippen molar-refractivity contribution < 1.29 is 13.2 Å². The fourth-order valence-electron chi connectivity index (χ4n) is 3.79. The van der Waals surface area contributed by atoms with E-state index in [0.29, 0.717) is 24.3 Å². The molecular weight excluding hydrogens is 362 g/mol. The molecule has 6 nitrogen and oxygen atoms in total. The average Bonchev–Trinajstić information content (AvgIpc) is 3.12. The van der Waals surface area contributed by atoms with Crippen molar-refractivity contribution in [1.82, 2.24) is 10.6 Å². The van der Waals surface area contributed by atoms with Crippen molar-refractivity contribution >= 4 is 21.6 Å². The lowest BCUT2D eigenvalue weighted by Gasteiger charge is -2.29. The summed E-state index contributed by atoms with van der Waals surface area (Å²) in [5, 5.41) is 6.28. The Bertz CT molecular complexity index is 1000. The molecule has 0 fully saturated rings. The van der Waals surface area contributed by atoms with E-state index in [1.807, 2.05) is 12.1 Å². The second-order valence-corrected chi connectivity index (χ2v) is 9.08. The number of carbonyl (C=O) groups is 1. The molecule has 0 atom stereocenters. The van der Waals surface area contributed by atoms with Gasteiger partial charge in [0.25, 0.3) is 5.91 Å². The van der Waals surface area contributed by atoms with E-state index in [9.17, 15) is 13.2 Å². The Morgan fingerprint density at radius 3 is 2.74 bits per heavy atom. The molecule has 142 valence electrons. The summed E-state index contributed by atoms with van der Waals surface area (Å²) in [5.41, 5.74) is 5.83. The largest absolute Gasteiger partial charge is 0.348 e. The van der Waals surface area contributed by atoms with Crippen LogP contribution in [0.1, 0.15) is 39.0 Å². The molecule has 0 spiro atoms. The maximum absolute atomic E-state index is 12.6. The molecule has 2 aromatic rings. The minimum absolute atomic E-state index is 0.145. The van der Waals surface area contributed by atoms with Crippen LogP contribution < -0.4 is 14.9 Å². The Morgan fingerprint density at radius 2 is 1.93 bits per heavy atom. The fourth-order valence-corrected chi connectivity index (χ4v) is 4.79. The lowest BCUT2D eigenvalue weighted by Crippen LogP contribution is -2.34. The molecular formula is C20H23N3O3S. The van der Waals surface area contributed by atoms with E-state index in [1.54, 1.807) is 12.1 Å². The number of sulfonamides is 1. The van der Waals surface area contributed by atoms with Crippen molar-refractivity contribution in [3.63, 3.8) is 0 Å². The SMILES string of the molecule is CS(=O)(=O)N1CCCc2cc(C(=O)NCc3ccc4c(c3)CNC4)ccc21. The predicted molar refractivity (Wildman–Crippen MR) is 105 cm³/mol. The van der Waals surface area contributed by atoms with Crippen LogP contribution in [0.4, 0.5) is 5.69 Å². The van der Waals surface area contributed by atoms with Gasteiger partial charge in [0.2, 0.25) is 10.0 Å². The third-order valence-corrected chi connectivity index (χ3v) is 6.35. The number of anilines is 1. The van der Waals surface area contributed by atoms with Gasteiger partial charge in [-0.05, 0) is 53.3 Å². The van der Waals surface area contributed by atoms with Gasteiger partial charge in [0.15, 0.2) is 0 Å². The van der Waals surface area contributed by atoms with E-state index >= 15 is 0 Å². The number of carbonyl (C=O) groups excluding carboxylic acids is 1. The second kappa shape index (κ2) is 6.98. The van der Waals surface area contributed by atoms with E-state index < -0.39 is 10.0 Å². The minimum Gasteiger partial charge on any atom is -0.348 e. The molecule has 2 N–H and O–H groups in total. The van der Waals surface area contributed by atoms with Gasteiger partial charge in [0.1, 0.15) is 0 Å². The summed E-state index contributed by atoms with van der Waals surface area (Å²) in [7, 11) is -3.30. The van der Waals surface area contributed by atoms with E-state index in [0.717, 1.165) is 37.1 Å². The summed E-state index contributed by atoms with van der Waals surface area (Å²) in [5.74, 6) is -0.145. The standard InChI is InChI=1S/C20H23N3O3S/c1-27(25,26)23-8-2-3-15-10-16(6-7-19(15)23)20(24)22-11-14-4-5-17-12-21-13-18(17)9-14/h4-7,9-10,21H,2-3,8,11-13H2,1H3,(H,22,24). The van der Waals surface area contributed by atoms with Gasteiger partial charge in [-0.1, -0.05) is 18.2 Å². The molecule has 2 heterocycles. The summed E-state index contributed by atoms with van der Waals surface area (Å²) in [6.07, 6.45) is 2.75. The number of amides is 1. The molecule has 4 rings (SSSR count). The Balaban J connectivity index is 1.48. The number of aryl methyl sites for hydroxylation is 1. The Hall–Kier alpha value is -2.38. The molecule has 0 radical (unpaired) electrons. The zero-order chi connectivity index (χ0) is 19.0. The summed E-state index contributed by atoms with van der Waals surface area (Å²) in [6.45, 7) is 2.74. The van der Waals surface area contributed by atoms with E-state index in [4.69, 9.17) is 0 Å². The number of rotatable bonds is 4. The van der Waals surface area contributed by atoms with Crippen molar-refractivity contribution in [2.75, 3.05) is 17.1 Å². The van der Waals surface area contributed by atoms with Gasteiger partial charge in [0, 0.05) is 31.7 Å². The van der Waals surface area contributed by atoms with E-state index in [2.05, 4.69) is 22.8 Å². The third-order valence-electron chi connectivity index (χ3n) is 5.17. The maximum Gasteiger partial charge on any atom is 0.251 e. The first-order chi connectivity index (χ1) is 12.9. The van der Waals surface area contributed by atoms with Gasteiger partial charge in [-0.25, -0.2) is 8.42 Å². The van der Waals surface area contributed by atoms with Crippen LogP contribution in [0.3, 0.4) is 0 Å². The molecule has 1 amide bonds. The first-order valence-corrected chi connectivity index (χ1v) is 11.0. The maximum atomic E-state index is 12.6. The summed E-state index contributed by atoms with van der Waals surface area (Å²) < 4.78 is 25.3. The van der Waals surface area contributed by atoms with Gasteiger partial charge in [0.05, 0.1) is 11.9 Å². The third kappa shape index (κ3) is 3.70. The lowest BCUT2D eigenvalue weighted by molar-refractivity contribution is 0.0951. The monoisotopic (exact) mass is 385 g/mol. The highest BCUT2D eigenvalue weighted by molar-refractivity contribution is 7.92. The molecule has 0 bridgehead atoms. The van der Waals surface area contributed by atoms with Gasteiger partial charge >= 0.3 is 0 Å². The molecule has 2 aromatic carbocycles. The first kappa shape index (κ1) is 18.0. The fraction of sp³-hybridized carbons (Fsp3) is 0.350. The number of nitrogens with zero attached hydrogens (tertiary/aromatic N) is 1. The Kier molecular flexibility index (Phi) is 4.65. The van der Waals surface area contributed by atoms with Crippen LogP contribution in [0.25, 0.3) is 0 Å². The molecule has 0 saturated heterocycles. The zero-order valence-electron chi connectivity index (χ0n) is 15.3. The molecule has 7 heteroatoms. The minimum atomic E-state index is -3.30. The van der Waals surface area contributed by atoms with Crippen LogP contribution in [0.15, 0.2) is 36.4 Å². The molecule has 0 aromatic heterocycles. The van der Waals surface area contributed by atoms with Crippen molar-refractivity contribution in [3.05, 3.63) is 64.2 Å². The summed E-state index contributed by atoms with van der Waals surface area (Å²) >= 11 is 0. The number of hydrogen-bond donors (Lipinski definition) is 2. The highest BCUT2D eigenvalue weighted by Crippen LogP contribution is 2.29. The summed E-state index contributed by atoms with van der Waals surface area (Å²) in [6, 6.07) is 11.5. The highest BCUT2D eigenvalue weighted by atomic mass is 32.2. The van der Waals surface area contributed by atoms with Crippen LogP contribution in [0, 0.1) is 0 Å². The summed E-state index contributed by atoms with van der Waals surface area (Å²) in [4.78, 5) is 12.6. The smallest absolute Gasteiger partial charge is 0.251 e.